The number of barbiturate groups is 1. The molecule has 4 rings (SSSR count). The van der Waals surface area contributed by atoms with Gasteiger partial charge >= 0.3 is 12.0 Å². The number of benzene rings is 3. The number of hydrogen-bond donors (Lipinski definition) is 2. The topological polar surface area (TPSA) is 122 Å². The van der Waals surface area contributed by atoms with Gasteiger partial charge in [-0.3, -0.25) is 14.9 Å². The van der Waals surface area contributed by atoms with Gasteiger partial charge in [0, 0.05) is 0 Å². The van der Waals surface area contributed by atoms with Gasteiger partial charge in [0.1, 0.15) is 12.2 Å². The number of ether oxygens (including phenoxy) is 2. The number of amides is 4. The molecule has 0 unspecified atom stereocenters. The summed E-state index contributed by atoms with van der Waals surface area (Å²) in [6.07, 6.45) is 1.41. The zero-order valence-corrected chi connectivity index (χ0v) is 23.6. The summed E-state index contributed by atoms with van der Waals surface area (Å²) >= 11 is 2.07. The Kier molecular flexibility index (Phi) is 8.34. The molecule has 1 heterocycles. The molecular weight excluding hydrogens is 615 g/mol. The summed E-state index contributed by atoms with van der Waals surface area (Å²) in [5.41, 5.74) is 3.54. The lowest BCUT2D eigenvalue weighted by Crippen LogP contribution is -2.54. The second kappa shape index (κ2) is 11.7. The molecule has 3 aromatic carbocycles. The third-order valence-electron chi connectivity index (χ3n) is 6.08. The Hall–Kier alpha value is -4.19. The number of anilines is 1. The molecule has 1 saturated heterocycles. The number of aromatic carboxylic acids is 1. The summed E-state index contributed by atoms with van der Waals surface area (Å²) in [6.45, 7) is 6.13. The molecule has 0 aromatic heterocycles. The highest BCUT2D eigenvalue weighted by Crippen LogP contribution is 2.36. The fourth-order valence-corrected chi connectivity index (χ4v) is 4.68. The van der Waals surface area contributed by atoms with Crippen molar-refractivity contribution in [2.24, 2.45) is 0 Å². The van der Waals surface area contributed by atoms with E-state index in [0.29, 0.717) is 32.9 Å². The first-order valence-corrected chi connectivity index (χ1v) is 13.1. The van der Waals surface area contributed by atoms with Crippen LogP contribution in [0.2, 0.25) is 0 Å². The Labute approximate surface area is 238 Å². The highest BCUT2D eigenvalue weighted by molar-refractivity contribution is 14.1. The fraction of sp³-hybridized carbons (Fsp3) is 0.172. The lowest BCUT2D eigenvalue weighted by molar-refractivity contribution is -0.122. The first-order valence-electron chi connectivity index (χ1n) is 12.0. The lowest BCUT2D eigenvalue weighted by atomic mass is 10.0. The maximum Gasteiger partial charge on any atom is 0.335 e. The zero-order valence-electron chi connectivity index (χ0n) is 21.4. The molecule has 0 saturated carbocycles. The molecule has 39 heavy (non-hydrogen) atoms. The van der Waals surface area contributed by atoms with E-state index in [0.717, 1.165) is 21.6 Å². The van der Waals surface area contributed by atoms with Crippen molar-refractivity contribution in [3.63, 3.8) is 0 Å². The minimum atomic E-state index is -1.01. The molecule has 0 atom stereocenters. The molecule has 0 radical (unpaired) electrons. The number of nitrogens with one attached hydrogen (secondary N) is 1. The molecular formula is C29H25IN2O7. The van der Waals surface area contributed by atoms with Gasteiger partial charge in [0.2, 0.25) is 0 Å². The van der Waals surface area contributed by atoms with Crippen molar-refractivity contribution in [2.45, 2.75) is 27.4 Å². The van der Waals surface area contributed by atoms with Crippen LogP contribution in [0.5, 0.6) is 11.5 Å². The van der Waals surface area contributed by atoms with Gasteiger partial charge in [0.05, 0.1) is 21.4 Å². The molecule has 0 spiro atoms. The number of carbonyl (C=O) groups is 4. The monoisotopic (exact) mass is 640 g/mol. The third-order valence-corrected chi connectivity index (χ3v) is 6.88. The summed E-state index contributed by atoms with van der Waals surface area (Å²) in [4.78, 5) is 50.6. The highest BCUT2D eigenvalue weighted by Gasteiger charge is 2.37. The number of aryl methyl sites for hydroxylation is 2. The molecule has 3 aromatic rings. The van der Waals surface area contributed by atoms with Crippen LogP contribution in [0.15, 0.2) is 60.2 Å². The maximum atomic E-state index is 13.3. The van der Waals surface area contributed by atoms with Gasteiger partial charge in [-0.15, -0.1) is 0 Å². The van der Waals surface area contributed by atoms with Gasteiger partial charge < -0.3 is 14.6 Å². The second-order valence-corrected chi connectivity index (χ2v) is 9.94. The van der Waals surface area contributed by atoms with Crippen LogP contribution < -0.4 is 19.7 Å². The van der Waals surface area contributed by atoms with Crippen LogP contribution in [-0.2, 0) is 16.2 Å². The molecule has 10 heteroatoms. The summed E-state index contributed by atoms with van der Waals surface area (Å²) in [5.74, 6) is -1.65. The minimum Gasteiger partial charge on any atom is -0.490 e. The van der Waals surface area contributed by atoms with E-state index in [1.807, 2.05) is 20.8 Å². The summed E-state index contributed by atoms with van der Waals surface area (Å²) in [6, 6.07) is 14.1. The minimum absolute atomic E-state index is 0.171. The smallest absolute Gasteiger partial charge is 0.335 e. The van der Waals surface area contributed by atoms with Crippen molar-refractivity contribution in [3.05, 3.63) is 91.6 Å². The number of halogens is 1. The second-order valence-electron chi connectivity index (χ2n) is 8.78. The van der Waals surface area contributed by atoms with Gasteiger partial charge in [-0.05, 0) is 108 Å². The first-order chi connectivity index (χ1) is 18.6. The number of carbonyl (C=O) groups excluding carboxylic acids is 3. The van der Waals surface area contributed by atoms with Crippen molar-refractivity contribution in [1.82, 2.24) is 5.32 Å². The normalized spacial score (nSPS) is 14.4. The van der Waals surface area contributed by atoms with Gasteiger partial charge in [-0.25, -0.2) is 14.5 Å². The highest BCUT2D eigenvalue weighted by atomic mass is 127. The van der Waals surface area contributed by atoms with Crippen molar-refractivity contribution < 1.29 is 33.8 Å². The molecule has 9 nitrogen and oxygen atoms in total. The van der Waals surface area contributed by atoms with E-state index in [2.05, 4.69) is 27.9 Å². The van der Waals surface area contributed by atoms with E-state index in [4.69, 9.17) is 14.6 Å². The number of nitrogens with zero attached hydrogens (tertiary/aromatic N) is 1. The Bertz CT molecular complexity index is 1510. The number of carboxylic acids is 1. The molecule has 1 aliphatic rings. The predicted octanol–water partition coefficient (Wildman–Crippen LogP) is 5.25. The Morgan fingerprint density at radius 1 is 1.00 bits per heavy atom. The van der Waals surface area contributed by atoms with E-state index < -0.39 is 23.8 Å². The average Bonchev–Trinajstić information content (AvgIpc) is 2.88. The van der Waals surface area contributed by atoms with Gasteiger partial charge in [0.25, 0.3) is 11.8 Å². The van der Waals surface area contributed by atoms with Crippen LogP contribution in [0.4, 0.5) is 10.5 Å². The van der Waals surface area contributed by atoms with E-state index in [-0.39, 0.29) is 17.7 Å². The van der Waals surface area contributed by atoms with Crippen molar-refractivity contribution in [3.8, 4) is 11.5 Å². The maximum absolute atomic E-state index is 13.3. The fourth-order valence-electron chi connectivity index (χ4n) is 3.90. The molecule has 2 N–H and O–H groups in total. The average molecular weight is 640 g/mol. The summed E-state index contributed by atoms with van der Waals surface area (Å²) in [7, 11) is 0. The molecule has 1 fully saturated rings. The Balaban J connectivity index is 1.63. The number of urea groups is 1. The predicted molar refractivity (Wildman–Crippen MR) is 153 cm³/mol. The molecule has 200 valence electrons. The summed E-state index contributed by atoms with van der Waals surface area (Å²) < 4.78 is 12.5. The zero-order chi connectivity index (χ0) is 28.3. The van der Waals surface area contributed by atoms with Gasteiger partial charge in [0.15, 0.2) is 11.5 Å². The van der Waals surface area contributed by atoms with Crippen LogP contribution in [0, 0.1) is 17.4 Å². The van der Waals surface area contributed by atoms with E-state index in [1.165, 1.54) is 18.2 Å². The Morgan fingerprint density at radius 3 is 2.36 bits per heavy atom. The summed E-state index contributed by atoms with van der Waals surface area (Å²) in [5, 5.41) is 11.3. The quantitative estimate of drug-likeness (QED) is 0.196. The standard InChI is InChI=1S/C29H25IN2O7/c1-4-38-24-14-19(13-23(30)25(24)39-15-18-6-8-20(9-7-18)28(35)36)12-22-26(33)31-29(37)32(27(22)34)21-10-5-16(2)17(3)11-21/h5-14H,4,15H2,1-3H3,(H,35,36)(H,31,33,37)/b22-12+. The third kappa shape index (κ3) is 6.11. The number of rotatable bonds is 8. The van der Waals surface area contributed by atoms with Crippen LogP contribution in [0.25, 0.3) is 6.08 Å². The van der Waals surface area contributed by atoms with Crippen molar-refractivity contribution in [2.75, 3.05) is 11.5 Å². The van der Waals surface area contributed by atoms with E-state index in [9.17, 15) is 19.2 Å². The van der Waals surface area contributed by atoms with Crippen molar-refractivity contribution in [1.29, 1.82) is 0 Å². The van der Waals surface area contributed by atoms with Gasteiger partial charge in [-0.1, -0.05) is 18.2 Å². The van der Waals surface area contributed by atoms with Crippen LogP contribution >= 0.6 is 22.6 Å². The SMILES string of the molecule is CCOc1cc(/C=C2\C(=O)NC(=O)N(c3ccc(C)c(C)c3)C2=O)cc(I)c1OCc1ccc(C(=O)O)cc1. The molecule has 0 bridgehead atoms. The van der Waals surface area contributed by atoms with Crippen LogP contribution in [0.1, 0.15) is 39.5 Å². The molecule has 1 aliphatic heterocycles. The first kappa shape index (κ1) is 27.8. The van der Waals surface area contributed by atoms with E-state index >= 15 is 0 Å². The van der Waals surface area contributed by atoms with Crippen LogP contribution in [0.3, 0.4) is 0 Å². The van der Waals surface area contributed by atoms with Crippen LogP contribution in [-0.4, -0.2) is 35.5 Å². The van der Waals surface area contributed by atoms with Gasteiger partial charge in [-0.2, -0.15) is 0 Å². The lowest BCUT2D eigenvalue weighted by Gasteiger charge is -2.27. The molecule has 4 amide bonds. The number of carboxylic acid groups (broad SMARTS) is 1. The Morgan fingerprint density at radius 2 is 1.72 bits per heavy atom. The number of hydrogen-bond acceptors (Lipinski definition) is 6. The number of imide groups is 2. The largest absolute Gasteiger partial charge is 0.490 e. The van der Waals surface area contributed by atoms with Crippen molar-refractivity contribution >= 4 is 58.2 Å². The molecule has 0 aliphatic carbocycles. The van der Waals surface area contributed by atoms with E-state index in [1.54, 1.807) is 42.5 Å².